The first-order valence-corrected chi connectivity index (χ1v) is 5.25. The number of rotatable bonds is 3. The molecule has 85 valence electrons. The lowest BCUT2D eigenvalue weighted by atomic mass is 10.1. The van der Waals surface area contributed by atoms with Gasteiger partial charge >= 0.3 is 0 Å². The number of aromatic nitrogens is 2. The first-order valence-electron chi connectivity index (χ1n) is 5.25. The average molecular weight is 226 g/mol. The summed E-state index contributed by atoms with van der Waals surface area (Å²) in [6.07, 6.45) is 5.18. The van der Waals surface area contributed by atoms with Crippen molar-refractivity contribution in [2.45, 2.75) is 6.42 Å². The van der Waals surface area contributed by atoms with Crippen molar-refractivity contribution in [2.75, 3.05) is 5.32 Å². The lowest BCUT2D eigenvalue weighted by Crippen LogP contribution is -2.13. The van der Waals surface area contributed by atoms with Crippen LogP contribution in [0.1, 0.15) is 16.1 Å². The standard InChI is InChI=1S/C13H12N3O/c1-2-10-3-5-11(6-4-10)16-13(17)12-9-14-7-8-15-12/h3-9H,1-2H2,(H,16,17). The Balaban J connectivity index is 2.08. The minimum atomic E-state index is -0.263. The maximum absolute atomic E-state index is 11.7. The van der Waals surface area contributed by atoms with E-state index in [0.29, 0.717) is 5.69 Å². The summed E-state index contributed by atoms with van der Waals surface area (Å²) in [7, 11) is 0. The van der Waals surface area contributed by atoms with Crippen molar-refractivity contribution < 1.29 is 4.79 Å². The van der Waals surface area contributed by atoms with Crippen LogP contribution in [0.4, 0.5) is 5.69 Å². The van der Waals surface area contributed by atoms with Gasteiger partial charge in [0.1, 0.15) is 5.69 Å². The van der Waals surface area contributed by atoms with E-state index in [-0.39, 0.29) is 5.91 Å². The Morgan fingerprint density at radius 1 is 1.24 bits per heavy atom. The Labute approximate surface area is 99.7 Å². The second-order valence-corrected chi connectivity index (χ2v) is 3.49. The predicted molar refractivity (Wildman–Crippen MR) is 65.5 cm³/mol. The fourth-order valence-electron chi connectivity index (χ4n) is 1.37. The van der Waals surface area contributed by atoms with E-state index in [2.05, 4.69) is 22.2 Å². The zero-order valence-corrected chi connectivity index (χ0v) is 9.26. The summed E-state index contributed by atoms with van der Waals surface area (Å²) < 4.78 is 0. The van der Waals surface area contributed by atoms with Crippen molar-refractivity contribution in [3.8, 4) is 0 Å². The van der Waals surface area contributed by atoms with E-state index in [4.69, 9.17) is 0 Å². The lowest BCUT2D eigenvalue weighted by Gasteiger charge is -2.04. The molecule has 0 fully saturated rings. The van der Waals surface area contributed by atoms with Crippen LogP contribution in [0.3, 0.4) is 0 Å². The SMILES string of the molecule is [CH2]Cc1ccc(NC(=O)c2cnccn2)cc1. The minimum Gasteiger partial charge on any atom is -0.321 e. The van der Waals surface area contributed by atoms with Gasteiger partial charge in [0, 0.05) is 18.1 Å². The summed E-state index contributed by atoms with van der Waals surface area (Å²) in [5.74, 6) is -0.263. The highest BCUT2D eigenvalue weighted by molar-refractivity contribution is 6.02. The molecule has 4 nitrogen and oxygen atoms in total. The van der Waals surface area contributed by atoms with Crippen LogP contribution in [-0.2, 0) is 6.42 Å². The van der Waals surface area contributed by atoms with Gasteiger partial charge < -0.3 is 5.32 Å². The van der Waals surface area contributed by atoms with Gasteiger partial charge in [-0.15, -0.1) is 0 Å². The van der Waals surface area contributed by atoms with Gasteiger partial charge in [-0.25, -0.2) is 4.98 Å². The predicted octanol–water partition coefficient (Wildman–Crippen LogP) is 2.11. The molecule has 1 aromatic heterocycles. The minimum absolute atomic E-state index is 0.263. The number of carbonyl (C=O) groups excluding carboxylic acids is 1. The zero-order chi connectivity index (χ0) is 12.1. The monoisotopic (exact) mass is 226 g/mol. The van der Waals surface area contributed by atoms with Crippen LogP contribution in [0.2, 0.25) is 0 Å². The molecule has 0 aliphatic rings. The number of anilines is 1. The number of carbonyl (C=O) groups is 1. The second-order valence-electron chi connectivity index (χ2n) is 3.49. The third-order valence-electron chi connectivity index (χ3n) is 2.30. The fraction of sp³-hybridized carbons (Fsp3) is 0.0769. The molecule has 2 aromatic rings. The maximum Gasteiger partial charge on any atom is 0.275 e. The van der Waals surface area contributed by atoms with E-state index in [1.165, 1.54) is 18.6 Å². The normalized spacial score (nSPS) is 9.94. The third-order valence-corrected chi connectivity index (χ3v) is 2.30. The molecule has 0 aliphatic carbocycles. The smallest absolute Gasteiger partial charge is 0.275 e. The molecule has 0 atom stereocenters. The number of nitrogens with zero attached hydrogens (tertiary/aromatic N) is 2. The Hall–Kier alpha value is -2.23. The third kappa shape index (κ3) is 2.87. The van der Waals surface area contributed by atoms with Crippen LogP contribution in [0.15, 0.2) is 42.9 Å². The fourth-order valence-corrected chi connectivity index (χ4v) is 1.37. The summed E-state index contributed by atoms with van der Waals surface area (Å²) in [6, 6.07) is 7.54. The summed E-state index contributed by atoms with van der Waals surface area (Å²) in [5.41, 5.74) is 2.16. The van der Waals surface area contributed by atoms with E-state index >= 15 is 0 Å². The molecule has 0 saturated carbocycles. The topological polar surface area (TPSA) is 54.9 Å². The molecule has 0 bridgehead atoms. The number of amides is 1. The molecule has 4 heteroatoms. The molecular weight excluding hydrogens is 214 g/mol. The Morgan fingerprint density at radius 3 is 2.59 bits per heavy atom. The summed E-state index contributed by atoms with van der Waals surface area (Å²) in [5, 5.41) is 2.75. The highest BCUT2D eigenvalue weighted by Gasteiger charge is 2.06. The average Bonchev–Trinajstić information content (AvgIpc) is 2.40. The second kappa shape index (κ2) is 5.21. The highest BCUT2D eigenvalue weighted by Crippen LogP contribution is 2.10. The molecule has 1 heterocycles. The summed E-state index contributed by atoms with van der Waals surface area (Å²) >= 11 is 0. The van der Waals surface area contributed by atoms with Gasteiger partial charge in [0.15, 0.2) is 0 Å². The lowest BCUT2D eigenvalue weighted by molar-refractivity contribution is 0.102. The number of hydrogen-bond donors (Lipinski definition) is 1. The number of nitrogens with one attached hydrogen (secondary N) is 1. The van der Waals surface area contributed by atoms with Crippen LogP contribution in [0.25, 0.3) is 0 Å². The summed E-state index contributed by atoms with van der Waals surface area (Å²) in [4.78, 5) is 19.5. The van der Waals surface area contributed by atoms with Crippen LogP contribution < -0.4 is 5.32 Å². The van der Waals surface area contributed by atoms with Gasteiger partial charge in [0.2, 0.25) is 0 Å². The molecule has 1 radical (unpaired) electrons. The zero-order valence-electron chi connectivity index (χ0n) is 9.26. The van der Waals surface area contributed by atoms with Crippen molar-refractivity contribution >= 4 is 11.6 Å². The van der Waals surface area contributed by atoms with E-state index in [0.717, 1.165) is 17.7 Å². The van der Waals surface area contributed by atoms with Gasteiger partial charge in [-0.3, -0.25) is 9.78 Å². The first-order chi connectivity index (χ1) is 8.29. The molecule has 1 amide bonds. The molecular formula is C13H12N3O. The van der Waals surface area contributed by atoms with Gasteiger partial charge in [0.05, 0.1) is 6.20 Å². The van der Waals surface area contributed by atoms with Crippen LogP contribution in [0.5, 0.6) is 0 Å². The Kier molecular flexibility index (Phi) is 3.45. The molecule has 0 aliphatic heterocycles. The van der Waals surface area contributed by atoms with Crippen LogP contribution in [0, 0.1) is 6.92 Å². The van der Waals surface area contributed by atoms with E-state index < -0.39 is 0 Å². The van der Waals surface area contributed by atoms with E-state index in [1.54, 1.807) is 0 Å². The maximum atomic E-state index is 11.7. The van der Waals surface area contributed by atoms with Gasteiger partial charge in [-0.1, -0.05) is 12.1 Å². The Morgan fingerprint density at radius 2 is 2.00 bits per heavy atom. The van der Waals surface area contributed by atoms with Crippen molar-refractivity contribution in [3.63, 3.8) is 0 Å². The molecule has 2 rings (SSSR count). The van der Waals surface area contributed by atoms with Gasteiger partial charge in [-0.2, -0.15) is 0 Å². The van der Waals surface area contributed by atoms with E-state index in [1.807, 2.05) is 24.3 Å². The summed E-state index contributed by atoms with van der Waals surface area (Å²) in [6.45, 7) is 3.79. The largest absolute Gasteiger partial charge is 0.321 e. The highest BCUT2D eigenvalue weighted by atomic mass is 16.1. The molecule has 1 aromatic carbocycles. The van der Waals surface area contributed by atoms with Crippen molar-refractivity contribution in [2.24, 2.45) is 0 Å². The van der Waals surface area contributed by atoms with Gasteiger partial charge in [-0.05, 0) is 31.0 Å². The molecule has 0 spiro atoms. The molecule has 17 heavy (non-hydrogen) atoms. The van der Waals surface area contributed by atoms with Crippen LogP contribution in [-0.4, -0.2) is 15.9 Å². The number of benzene rings is 1. The van der Waals surface area contributed by atoms with Crippen molar-refractivity contribution in [1.29, 1.82) is 0 Å². The molecule has 0 unspecified atom stereocenters. The van der Waals surface area contributed by atoms with Crippen molar-refractivity contribution in [1.82, 2.24) is 9.97 Å². The molecule has 0 saturated heterocycles. The van der Waals surface area contributed by atoms with Crippen LogP contribution >= 0.6 is 0 Å². The van der Waals surface area contributed by atoms with E-state index in [9.17, 15) is 4.79 Å². The number of hydrogen-bond acceptors (Lipinski definition) is 3. The first kappa shape index (κ1) is 11.3. The molecule has 1 N–H and O–H groups in total. The Bertz CT molecular complexity index is 494. The van der Waals surface area contributed by atoms with Gasteiger partial charge in [0.25, 0.3) is 5.91 Å². The van der Waals surface area contributed by atoms with Crippen molar-refractivity contribution in [3.05, 3.63) is 61.0 Å². The quantitative estimate of drug-likeness (QED) is 0.872.